The molecule has 16 rings (SSSR count). The van der Waals surface area contributed by atoms with Crippen LogP contribution < -0.4 is 19.3 Å². The predicted molar refractivity (Wildman–Crippen MR) is 382 cm³/mol. The van der Waals surface area contributed by atoms with Crippen LogP contribution in [0.15, 0.2) is 321 Å². The Morgan fingerprint density at radius 2 is 0.744 bits per heavy atom. The van der Waals surface area contributed by atoms with Crippen molar-refractivity contribution < 1.29 is 18.3 Å². The number of furan rings is 2. The molecule has 0 radical (unpaired) electrons. The number of benzene rings is 14. The Morgan fingerprint density at radius 1 is 0.278 bits per heavy atom. The van der Waals surface area contributed by atoms with Crippen molar-refractivity contribution in [3.8, 4) is 56.0 Å². The lowest BCUT2D eigenvalue weighted by atomic mass is 9.99. The van der Waals surface area contributed by atoms with Gasteiger partial charge in [0.25, 0.3) is 0 Å². The highest BCUT2D eigenvalue weighted by Crippen LogP contribution is 2.48. The lowest BCUT2D eigenvalue weighted by molar-refractivity contribution is 0.415. The first-order valence-corrected chi connectivity index (χ1v) is 31.4. The Balaban J connectivity index is 0.000000150. The number of anilines is 6. The third-order valence-corrected chi connectivity index (χ3v) is 18.1. The number of halogens is 2. The van der Waals surface area contributed by atoms with Gasteiger partial charge in [0.1, 0.15) is 33.8 Å². The van der Waals surface area contributed by atoms with Crippen molar-refractivity contribution in [1.82, 2.24) is 0 Å². The van der Waals surface area contributed by atoms with E-state index in [1.165, 1.54) is 27.1 Å². The van der Waals surface area contributed by atoms with Crippen LogP contribution in [-0.4, -0.2) is 14.2 Å². The van der Waals surface area contributed by atoms with Crippen molar-refractivity contribution >= 4 is 131 Å². The summed E-state index contributed by atoms with van der Waals surface area (Å²) in [6.45, 7) is 0. The van der Waals surface area contributed by atoms with E-state index in [0.29, 0.717) is 0 Å². The van der Waals surface area contributed by atoms with Gasteiger partial charge in [0.05, 0.1) is 19.9 Å². The molecule has 0 aliphatic carbocycles. The Hall–Kier alpha value is -10.6. The van der Waals surface area contributed by atoms with Gasteiger partial charge in [-0.3, -0.25) is 0 Å². The zero-order valence-corrected chi connectivity index (χ0v) is 52.3. The van der Waals surface area contributed by atoms with E-state index in [1.54, 1.807) is 14.2 Å². The molecule has 6 nitrogen and oxygen atoms in total. The summed E-state index contributed by atoms with van der Waals surface area (Å²) < 4.78 is 26.7. The van der Waals surface area contributed by atoms with Gasteiger partial charge in [-0.1, -0.05) is 204 Å². The molecule has 0 atom stereocenters. The molecule has 0 aliphatic heterocycles. The molecule has 0 amide bonds. The van der Waals surface area contributed by atoms with Gasteiger partial charge in [0.15, 0.2) is 0 Å². The third kappa shape index (κ3) is 10.7. The summed E-state index contributed by atoms with van der Waals surface area (Å²) in [6.07, 6.45) is 0. The van der Waals surface area contributed by atoms with Crippen molar-refractivity contribution in [2.45, 2.75) is 0 Å². The van der Waals surface area contributed by atoms with Gasteiger partial charge in [-0.05, 0) is 162 Å². The molecule has 0 saturated heterocycles. The van der Waals surface area contributed by atoms with E-state index in [2.05, 4.69) is 309 Å². The van der Waals surface area contributed by atoms with Crippen LogP contribution in [0, 0.1) is 0 Å². The first kappa shape index (κ1) is 55.9. The van der Waals surface area contributed by atoms with Crippen molar-refractivity contribution in [2.24, 2.45) is 0 Å². The quantitative estimate of drug-likeness (QED) is 0.121. The number of para-hydroxylation sites is 1. The van der Waals surface area contributed by atoms with Crippen LogP contribution in [0.2, 0.25) is 0 Å². The largest absolute Gasteiger partial charge is 0.497 e. The van der Waals surface area contributed by atoms with Gasteiger partial charge in [0.2, 0.25) is 0 Å². The van der Waals surface area contributed by atoms with E-state index in [-0.39, 0.29) is 0 Å². The molecule has 2 aromatic heterocycles. The molecule has 90 heavy (non-hydrogen) atoms. The Bertz CT molecular complexity index is 5350. The van der Waals surface area contributed by atoms with E-state index < -0.39 is 0 Å². The first-order chi connectivity index (χ1) is 44.3. The summed E-state index contributed by atoms with van der Waals surface area (Å²) in [5, 5.41) is 9.12. The molecule has 432 valence electrons. The molecule has 0 spiro atoms. The van der Waals surface area contributed by atoms with E-state index in [0.717, 1.165) is 137 Å². The average molecular weight is 1290 g/mol. The Kier molecular flexibility index (Phi) is 15.0. The zero-order valence-electron chi connectivity index (χ0n) is 49.2. The minimum absolute atomic E-state index is 0.787. The predicted octanol–water partition coefficient (Wildman–Crippen LogP) is 24.6. The minimum Gasteiger partial charge on any atom is -0.497 e. The van der Waals surface area contributed by atoms with Crippen molar-refractivity contribution in [3.63, 3.8) is 0 Å². The Morgan fingerprint density at radius 3 is 1.32 bits per heavy atom. The summed E-state index contributed by atoms with van der Waals surface area (Å²) in [5.74, 6) is 1.59. The number of ether oxygens (including phenoxy) is 2. The van der Waals surface area contributed by atoms with E-state index in [4.69, 9.17) is 18.3 Å². The van der Waals surface area contributed by atoms with Crippen LogP contribution in [0.25, 0.3) is 110 Å². The fourth-order valence-electron chi connectivity index (χ4n) is 12.4. The smallest absolute Gasteiger partial charge is 0.144 e. The SMILES string of the molecule is COc1cccc(N(c2cccc(-c3ccccc3)c2)c2cc(Br)c3c(c2)oc2c(-c4ccc5ccccc5c4)ccc(Br)c23)c1.COc1cccc(N(c2cccc(-c3ccccc3)c2)c2ccc3c(c2)oc2c(-c4ccc5ccccc5c4)cccc23)c1. The van der Waals surface area contributed by atoms with Crippen LogP contribution >= 0.6 is 31.9 Å². The molecule has 2 heterocycles. The molecule has 16 aromatic rings. The maximum atomic E-state index is 6.80. The first-order valence-electron chi connectivity index (χ1n) is 29.8. The molecule has 0 aliphatic rings. The third-order valence-electron chi connectivity index (χ3n) is 16.8. The lowest BCUT2D eigenvalue weighted by Crippen LogP contribution is -2.10. The normalized spacial score (nSPS) is 11.3. The molecule has 8 heteroatoms. The molecule has 0 bridgehead atoms. The second-order valence-corrected chi connectivity index (χ2v) is 23.9. The monoisotopic (exact) mass is 1290 g/mol. The zero-order chi connectivity index (χ0) is 60.7. The van der Waals surface area contributed by atoms with Crippen molar-refractivity contribution in [2.75, 3.05) is 24.0 Å². The maximum absolute atomic E-state index is 6.80. The van der Waals surface area contributed by atoms with Crippen LogP contribution in [0.1, 0.15) is 0 Å². The highest BCUT2D eigenvalue weighted by molar-refractivity contribution is 9.11. The lowest BCUT2D eigenvalue weighted by Gasteiger charge is -2.26. The molecule has 14 aromatic carbocycles. The van der Waals surface area contributed by atoms with Crippen LogP contribution in [0.4, 0.5) is 34.1 Å². The second-order valence-electron chi connectivity index (χ2n) is 22.2. The molecule has 0 N–H and O–H groups in total. The second kappa shape index (κ2) is 24.1. The van der Waals surface area contributed by atoms with E-state index >= 15 is 0 Å². The van der Waals surface area contributed by atoms with Crippen LogP contribution in [0.3, 0.4) is 0 Å². The fraction of sp³-hybridized carbons (Fsp3) is 0.0244. The summed E-state index contributed by atoms with van der Waals surface area (Å²) in [4.78, 5) is 4.50. The van der Waals surface area contributed by atoms with E-state index in [1.807, 2.05) is 36.4 Å². The van der Waals surface area contributed by atoms with Crippen LogP contribution in [-0.2, 0) is 0 Å². The van der Waals surface area contributed by atoms with Crippen molar-refractivity contribution in [3.05, 3.63) is 312 Å². The molecular weight excluding hydrogens is 1240 g/mol. The summed E-state index contributed by atoms with van der Waals surface area (Å²) in [5.41, 5.74) is 18.4. The number of methoxy groups -OCH3 is 2. The summed E-state index contributed by atoms with van der Waals surface area (Å²) in [7, 11) is 3.40. The minimum atomic E-state index is 0.787. The maximum Gasteiger partial charge on any atom is 0.144 e. The number of nitrogens with zero attached hydrogens (tertiary/aromatic N) is 2. The van der Waals surface area contributed by atoms with Gasteiger partial charge >= 0.3 is 0 Å². The number of hydrogen-bond donors (Lipinski definition) is 0. The summed E-state index contributed by atoms with van der Waals surface area (Å²) in [6, 6.07) is 106. The highest BCUT2D eigenvalue weighted by atomic mass is 79.9. The topological polar surface area (TPSA) is 51.2 Å². The van der Waals surface area contributed by atoms with Gasteiger partial charge in [-0.25, -0.2) is 0 Å². The molecule has 0 unspecified atom stereocenters. The number of fused-ring (bicyclic) bond motifs is 8. The highest BCUT2D eigenvalue weighted by Gasteiger charge is 2.23. The summed E-state index contributed by atoms with van der Waals surface area (Å²) >= 11 is 7.80. The molecule has 0 fully saturated rings. The Labute approximate surface area is 538 Å². The van der Waals surface area contributed by atoms with Gasteiger partial charge < -0.3 is 28.1 Å². The standard InChI is InChI=1S/C41H27Br2NO2.C41H29NO2/c1-45-34-16-8-15-32(23-34)44(31-14-7-13-29(22-31)26-9-3-2-4-10-26)33-24-37(43)39-38(25-33)46-41-35(19-20-36(42)40(39)41)30-18-17-27-11-5-6-12-28(27)21-30;1-43-36-17-8-16-34(26-36)42(33-15-7-14-31(25-33)28-10-3-2-4-11-28)35-22-23-38-39-19-9-18-37(41(39)44-40(38)27-35)32-21-20-29-12-5-6-13-30(29)24-32/h2-25H,1H3;2-27H,1H3. The van der Waals surface area contributed by atoms with Gasteiger partial charge in [0, 0.05) is 94.3 Å². The van der Waals surface area contributed by atoms with E-state index in [9.17, 15) is 0 Å². The van der Waals surface area contributed by atoms with Gasteiger partial charge in [-0.2, -0.15) is 0 Å². The van der Waals surface area contributed by atoms with Crippen LogP contribution in [0.5, 0.6) is 11.5 Å². The number of hydrogen-bond acceptors (Lipinski definition) is 6. The molecular formula is C82H56Br2N2O4. The fourth-order valence-corrected chi connectivity index (χ4v) is 13.6. The van der Waals surface area contributed by atoms with Crippen molar-refractivity contribution in [1.29, 1.82) is 0 Å². The molecule has 0 saturated carbocycles. The van der Waals surface area contributed by atoms with Gasteiger partial charge in [-0.15, -0.1) is 0 Å². The number of rotatable bonds is 12. The average Bonchev–Trinajstić information content (AvgIpc) is 2.06.